The highest BCUT2D eigenvalue weighted by molar-refractivity contribution is 5.45. The number of aliphatic hydroxyl groups excluding tert-OH is 1. The number of hydrogen-bond donors (Lipinski definition) is 3. The summed E-state index contributed by atoms with van der Waals surface area (Å²) in [4.78, 5) is 17.2. The molecule has 0 aliphatic carbocycles. The Morgan fingerprint density at radius 3 is 2.55 bits per heavy atom. The smallest absolute Gasteiger partial charge is 0.243 e. The molecule has 2 rings (SSSR count). The Kier molecular flexibility index (Phi) is 4.91. The molecule has 2 heterocycles. The lowest BCUT2D eigenvalue weighted by Crippen LogP contribution is -2.36. The van der Waals surface area contributed by atoms with Crippen LogP contribution in [0.25, 0.3) is 0 Å². The number of aromatic nitrogens is 3. The van der Waals surface area contributed by atoms with E-state index in [1.807, 2.05) is 18.7 Å². The molecule has 20 heavy (non-hydrogen) atoms. The summed E-state index contributed by atoms with van der Waals surface area (Å²) in [6.07, 6.45) is 2.30. The summed E-state index contributed by atoms with van der Waals surface area (Å²) < 4.78 is 0. The van der Waals surface area contributed by atoms with Gasteiger partial charge in [-0.2, -0.15) is 15.0 Å². The molecule has 1 aliphatic rings. The number of hydrazine groups is 1. The number of rotatable bonds is 6. The Morgan fingerprint density at radius 1 is 1.30 bits per heavy atom. The minimum absolute atomic E-state index is 0.0499. The number of nitrogens with one attached hydrogen (secondary N) is 1. The van der Waals surface area contributed by atoms with Crippen LogP contribution in [0.2, 0.25) is 0 Å². The zero-order valence-corrected chi connectivity index (χ0v) is 12.1. The van der Waals surface area contributed by atoms with E-state index in [1.165, 1.54) is 0 Å². The van der Waals surface area contributed by atoms with Crippen LogP contribution in [-0.4, -0.2) is 52.3 Å². The lowest BCUT2D eigenvalue weighted by atomic mass is 10.3. The number of nitrogens with zero attached hydrogens (tertiary/aromatic N) is 5. The third-order valence-electron chi connectivity index (χ3n) is 3.35. The first kappa shape index (κ1) is 14.7. The molecule has 1 fully saturated rings. The maximum atomic E-state index is 9.19. The van der Waals surface area contributed by atoms with E-state index in [1.54, 1.807) is 0 Å². The molecule has 0 radical (unpaired) electrons. The van der Waals surface area contributed by atoms with Gasteiger partial charge in [0.15, 0.2) is 0 Å². The predicted octanol–water partition coefficient (Wildman–Crippen LogP) is -0.0355. The first-order valence-electron chi connectivity index (χ1n) is 7.01. The molecule has 0 amide bonds. The molecule has 1 saturated heterocycles. The quantitative estimate of drug-likeness (QED) is 0.493. The van der Waals surface area contributed by atoms with Gasteiger partial charge < -0.3 is 14.9 Å². The van der Waals surface area contributed by atoms with Crippen LogP contribution in [0.5, 0.6) is 0 Å². The number of anilines is 3. The monoisotopic (exact) mass is 281 g/mol. The minimum atomic E-state index is 0.0499. The van der Waals surface area contributed by atoms with Crippen LogP contribution in [0.4, 0.5) is 17.8 Å². The average molecular weight is 281 g/mol. The number of hydrogen-bond acceptors (Lipinski definition) is 8. The molecule has 4 N–H and O–H groups in total. The Balaban J connectivity index is 2.33. The second kappa shape index (κ2) is 6.67. The summed E-state index contributed by atoms with van der Waals surface area (Å²) in [6, 6.07) is 0.182. The van der Waals surface area contributed by atoms with Gasteiger partial charge in [-0.15, -0.1) is 0 Å². The van der Waals surface area contributed by atoms with Gasteiger partial charge in [-0.1, -0.05) is 0 Å². The van der Waals surface area contributed by atoms with Gasteiger partial charge in [0, 0.05) is 25.7 Å². The van der Waals surface area contributed by atoms with Crippen molar-refractivity contribution in [3.05, 3.63) is 0 Å². The normalized spacial score (nSPS) is 14.9. The summed E-state index contributed by atoms with van der Waals surface area (Å²) in [6.45, 7) is 6.50. The molecule has 8 heteroatoms. The van der Waals surface area contributed by atoms with Gasteiger partial charge in [0.2, 0.25) is 17.8 Å². The predicted molar refractivity (Wildman–Crippen MR) is 78.7 cm³/mol. The highest BCUT2D eigenvalue weighted by Gasteiger charge is 2.20. The maximum Gasteiger partial charge on any atom is 0.243 e. The molecule has 0 saturated carbocycles. The van der Waals surface area contributed by atoms with E-state index in [0.29, 0.717) is 24.4 Å². The minimum Gasteiger partial charge on any atom is -0.395 e. The molecule has 112 valence electrons. The molecule has 0 unspecified atom stereocenters. The molecule has 0 aromatic carbocycles. The topological polar surface area (TPSA) is 103 Å². The molecule has 0 spiro atoms. The van der Waals surface area contributed by atoms with E-state index in [-0.39, 0.29) is 12.6 Å². The number of nitrogen functional groups attached to an aromatic ring is 1. The number of nitrogens with two attached hydrogens (primary N) is 1. The third-order valence-corrected chi connectivity index (χ3v) is 3.35. The van der Waals surface area contributed by atoms with Crippen molar-refractivity contribution < 1.29 is 5.11 Å². The van der Waals surface area contributed by atoms with E-state index in [9.17, 15) is 5.11 Å². The van der Waals surface area contributed by atoms with Crippen molar-refractivity contribution in [3.8, 4) is 0 Å². The Bertz CT molecular complexity index is 434. The molecule has 1 aliphatic heterocycles. The van der Waals surface area contributed by atoms with Gasteiger partial charge >= 0.3 is 0 Å². The van der Waals surface area contributed by atoms with Crippen molar-refractivity contribution in [1.82, 2.24) is 15.0 Å². The van der Waals surface area contributed by atoms with Crippen molar-refractivity contribution in [2.24, 2.45) is 5.84 Å². The molecule has 8 nitrogen and oxygen atoms in total. The highest BCUT2D eigenvalue weighted by Crippen LogP contribution is 2.21. The van der Waals surface area contributed by atoms with Gasteiger partial charge in [-0.3, -0.25) is 5.43 Å². The third kappa shape index (κ3) is 3.26. The lowest BCUT2D eigenvalue weighted by molar-refractivity contribution is 0.298. The first-order chi connectivity index (χ1) is 9.65. The van der Waals surface area contributed by atoms with Crippen LogP contribution in [0.3, 0.4) is 0 Å². The van der Waals surface area contributed by atoms with Crippen LogP contribution >= 0.6 is 0 Å². The summed E-state index contributed by atoms with van der Waals surface area (Å²) >= 11 is 0. The van der Waals surface area contributed by atoms with Gasteiger partial charge in [0.1, 0.15) is 0 Å². The lowest BCUT2D eigenvalue weighted by Gasteiger charge is -2.27. The zero-order valence-electron chi connectivity index (χ0n) is 12.1. The standard InChI is InChI=1S/C12H23N7O/c1-9(2)19(7-8-20)12-15-10(17-13)14-11(16-12)18-5-3-4-6-18/h9,20H,3-8,13H2,1-2H3,(H,14,15,16,17). The van der Waals surface area contributed by atoms with Crippen molar-refractivity contribution in [3.63, 3.8) is 0 Å². The van der Waals surface area contributed by atoms with Gasteiger partial charge in [-0.25, -0.2) is 5.84 Å². The van der Waals surface area contributed by atoms with E-state index >= 15 is 0 Å². The number of aliphatic hydroxyl groups is 1. The molecule has 1 aromatic rings. The molecule has 1 aromatic heterocycles. The second-order valence-corrected chi connectivity index (χ2v) is 5.11. The summed E-state index contributed by atoms with van der Waals surface area (Å²) in [5.41, 5.74) is 2.49. The molecular weight excluding hydrogens is 258 g/mol. The molecular formula is C12H23N7O. The van der Waals surface area contributed by atoms with Gasteiger partial charge in [0.25, 0.3) is 0 Å². The van der Waals surface area contributed by atoms with E-state index in [2.05, 4.69) is 25.3 Å². The Labute approximate surface area is 119 Å². The van der Waals surface area contributed by atoms with Gasteiger partial charge in [0.05, 0.1) is 6.61 Å². The van der Waals surface area contributed by atoms with Crippen molar-refractivity contribution >= 4 is 17.8 Å². The fraction of sp³-hybridized carbons (Fsp3) is 0.750. The van der Waals surface area contributed by atoms with Crippen molar-refractivity contribution in [2.75, 3.05) is 41.5 Å². The fourth-order valence-corrected chi connectivity index (χ4v) is 2.30. The first-order valence-corrected chi connectivity index (χ1v) is 7.01. The van der Waals surface area contributed by atoms with Crippen LogP contribution in [-0.2, 0) is 0 Å². The average Bonchev–Trinajstić information content (AvgIpc) is 2.98. The maximum absolute atomic E-state index is 9.19. The summed E-state index contributed by atoms with van der Waals surface area (Å²) in [5, 5.41) is 9.19. The van der Waals surface area contributed by atoms with Gasteiger partial charge in [-0.05, 0) is 26.7 Å². The summed E-state index contributed by atoms with van der Waals surface area (Å²) in [7, 11) is 0. The molecule has 0 atom stereocenters. The summed E-state index contributed by atoms with van der Waals surface area (Å²) in [5.74, 6) is 6.98. The van der Waals surface area contributed by atoms with Crippen molar-refractivity contribution in [1.29, 1.82) is 0 Å². The van der Waals surface area contributed by atoms with Crippen LogP contribution in [0.1, 0.15) is 26.7 Å². The van der Waals surface area contributed by atoms with Crippen LogP contribution in [0.15, 0.2) is 0 Å². The molecule has 0 bridgehead atoms. The highest BCUT2D eigenvalue weighted by atomic mass is 16.3. The largest absolute Gasteiger partial charge is 0.395 e. The van der Waals surface area contributed by atoms with Crippen LogP contribution < -0.4 is 21.1 Å². The Hall–Kier alpha value is -1.67. The van der Waals surface area contributed by atoms with E-state index in [0.717, 1.165) is 25.9 Å². The van der Waals surface area contributed by atoms with Crippen LogP contribution in [0, 0.1) is 0 Å². The fourth-order valence-electron chi connectivity index (χ4n) is 2.30. The van der Waals surface area contributed by atoms with E-state index in [4.69, 9.17) is 5.84 Å². The Morgan fingerprint density at radius 2 is 2.00 bits per heavy atom. The van der Waals surface area contributed by atoms with E-state index < -0.39 is 0 Å². The SMILES string of the molecule is CC(C)N(CCO)c1nc(NN)nc(N2CCCC2)n1. The second-order valence-electron chi connectivity index (χ2n) is 5.11. The zero-order chi connectivity index (χ0) is 14.5. The van der Waals surface area contributed by atoms with Crippen molar-refractivity contribution in [2.45, 2.75) is 32.7 Å².